The molecule has 0 aromatic carbocycles. The van der Waals surface area contributed by atoms with Gasteiger partial charge >= 0.3 is 0 Å². The van der Waals surface area contributed by atoms with Gasteiger partial charge in [-0.3, -0.25) is 0 Å². The molecule has 1 aliphatic rings. The maximum Gasteiger partial charge on any atom is 0.0469 e. The van der Waals surface area contributed by atoms with E-state index in [1.54, 1.807) is 0 Å². The van der Waals surface area contributed by atoms with Gasteiger partial charge in [0, 0.05) is 26.3 Å². The first kappa shape index (κ1) is 15.3. The van der Waals surface area contributed by atoms with Crippen LogP contribution in [0.25, 0.3) is 0 Å². The predicted molar refractivity (Wildman–Crippen MR) is 77.8 cm³/mol. The molecule has 0 aliphatic carbocycles. The first-order chi connectivity index (χ1) is 7.93. The molecular formula is C14H29NOS. The molecule has 1 heterocycles. The van der Waals surface area contributed by atoms with Crippen LogP contribution < -0.4 is 0 Å². The smallest absolute Gasteiger partial charge is 0.0469 e. The molecular weight excluding hydrogens is 230 g/mol. The Morgan fingerprint density at radius 1 is 1.29 bits per heavy atom. The monoisotopic (exact) mass is 259 g/mol. The maximum absolute atomic E-state index is 5.41. The third-order valence-corrected chi connectivity index (χ3v) is 4.33. The van der Waals surface area contributed by atoms with Crippen LogP contribution >= 0.6 is 12.6 Å². The predicted octanol–water partition coefficient (Wildman–Crippen LogP) is 2.94. The van der Waals surface area contributed by atoms with E-state index >= 15 is 0 Å². The lowest BCUT2D eigenvalue weighted by Gasteiger charge is -2.35. The van der Waals surface area contributed by atoms with E-state index in [0.29, 0.717) is 11.3 Å². The Hall–Kier alpha value is 0.270. The minimum Gasteiger partial charge on any atom is -0.381 e. The van der Waals surface area contributed by atoms with Gasteiger partial charge in [-0.2, -0.15) is 12.6 Å². The zero-order chi connectivity index (χ0) is 12.9. The highest BCUT2D eigenvalue weighted by molar-refractivity contribution is 7.80. The van der Waals surface area contributed by atoms with Crippen molar-refractivity contribution in [1.82, 2.24) is 4.90 Å². The summed E-state index contributed by atoms with van der Waals surface area (Å²) >= 11 is 4.50. The zero-order valence-corrected chi connectivity index (χ0v) is 12.8. The number of ether oxygens (including phenoxy) is 1. The van der Waals surface area contributed by atoms with Gasteiger partial charge in [0.05, 0.1) is 0 Å². The summed E-state index contributed by atoms with van der Waals surface area (Å²) < 4.78 is 5.41. The summed E-state index contributed by atoms with van der Waals surface area (Å²) in [5.41, 5.74) is 0.353. The third kappa shape index (κ3) is 5.62. The molecule has 0 saturated carbocycles. The van der Waals surface area contributed by atoms with E-state index in [9.17, 15) is 0 Å². The molecule has 0 N–H and O–H groups in total. The Morgan fingerprint density at radius 3 is 2.35 bits per heavy atom. The first-order valence-electron chi connectivity index (χ1n) is 6.80. The third-order valence-electron chi connectivity index (χ3n) is 3.89. The summed E-state index contributed by atoms with van der Waals surface area (Å²) in [6, 6.07) is 0. The molecule has 0 amide bonds. The molecule has 3 heteroatoms. The van der Waals surface area contributed by atoms with Crippen LogP contribution in [0.5, 0.6) is 0 Å². The van der Waals surface area contributed by atoms with Crippen LogP contribution in [-0.4, -0.2) is 44.0 Å². The molecule has 102 valence electrons. The Bertz CT molecular complexity index is 209. The fraction of sp³-hybridized carbons (Fsp3) is 1.00. The van der Waals surface area contributed by atoms with Crippen LogP contribution in [0.2, 0.25) is 0 Å². The second kappa shape index (κ2) is 7.01. The lowest BCUT2D eigenvalue weighted by Crippen LogP contribution is -2.37. The van der Waals surface area contributed by atoms with E-state index in [4.69, 9.17) is 4.74 Å². The van der Waals surface area contributed by atoms with Crippen molar-refractivity contribution in [3.8, 4) is 0 Å². The molecule has 1 fully saturated rings. The SMILES string of the molecule is CN(CC1CCOCC1)CC(CS)C(C)(C)C. The molecule has 1 aliphatic heterocycles. The van der Waals surface area contributed by atoms with E-state index in [0.717, 1.165) is 31.4 Å². The van der Waals surface area contributed by atoms with Crippen molar-refractivity contribution >= 4 is 12.6 Å². The van der Waals surface area contributed by atoms with Crippen molar-refractivity contribution in [3.05, 3.63) is 0 Å². The molecule has 2 nitrogen and oxygen atoms in total. The van der Waals surface area contributed by atoms with Gasteiger partial charge in [0.2, 0.25) is 0 Å². The molecule has 1 rings (SSSR count). The van der Waals surface area contributed by atoms with Crippen LogP contribution in [0.1, 0.15) is 33.6 Å². The van der Waals surface area contributed by atoms with Crippen molar-refractivity contribution in [2.75, 3.05) is 39.1 Å². The average molecular weight is 259 g/mol. The number of nitrogens with zero attached hydrogens (tertiary/aromatic N) is 1. The Balaban J connectivity index is 2.34. The highest BCUT2D eigenvalue weighted by atomic mass is 32.1. The molecule has 17 heavy (non-hydrogen) atoms. The fourth-order valence-electron chi connectivity index (χ4n) is 2.43. The minimum atomic E-state index is 0.353. The molecule has 1 saturated heterocycles. The molecule has 0 radical (unpaired) electrons. The van der Waals surface area contributed by atoms with Crippen LogP contribution in [0.15, 0.2) is 0 Å². The van der Waals surface area contributed by atoms with Crippen molar-refractivity contribution < 1.29 is 4.74 Å². The van der Waals surface area contributed by atoms with Crippen LogP contribution in [0, 0.1) is 17.3 Å². The van der Waals surface area contributed by atoms with Crippen molar-refractivity contribution in [2.45, 2.75) is 33.6 Å². The van der Waals surface area contributed by atoms with Gasteiger partial charge in [0.1, 0.15) is 0 Å². The van der Waals surface area contributed by atoms with E-state index in [2.05, 4.69) is 45.3 Å². The quantitative estimate of drug-likeness (QED) is 0.762. The standard InChI is InChI=1S/C14H29NOS/c1-14(2,3)13(11-17)10-15(4)9-12-5-7-16-8-6-12/h12-13,17H,5-11H2,1-4H3. The van der Waals surface area contributed by atoms with Crippen LogP contribution in [0.4, 0.5) is 0 Å². The topological polar surface area (TPSA) is 12.5 Å². The van der Waals surface area contributed by atoms with Crippen molar-refractivity contribution in [2.24, 2.45) is 17.3 Å². The molecule has 0 aromatic heterocycles. The Morgan fingerprint density at radius 2 is 1.88 bits per heavy atom. The molecule has 1 unspecified atom stereocenters. The Kier molecular flexibility index (Phi) is 6.32. The lowest BCUT2D eigenvalue weighted by atomic mass is 9.81. The second-order valence-electron chi connectivity index (χ2n) is 6.52. The summed E-state index contributed by atoms with van der Waals surface area (Å²) in [6.45, 7) is 11.2. The van der Waals surface area contributed by atoms with E-state index < -0.39 is 0 Å². The summed E-state index contributed by atoms with van der Waals surface area (Å²) in [5.74, 6) is 2.46. The van der Waals surface area contributed by atoms with Crippen LogP contribution in [-0.2, 0) is 4.74 Å². The second-order valence-corrected chi connectivity index (χ2v) is 6.89. The molecule has 0 aromatic rings. The van der Waals surface area contributed by atoms with E-state index in [1.165, 1.54) is 19.4 Å². The largest absolute Gasteiger partial charge is 0.381 e. The number of hydrogen-bond acceptors (Lipinski definition) is 3. The summed E-state index contributed by atoms with van der Waals surface area (Å²) in [5, 5.41) is 0. The van der Waals surface area contributed by atoms with Crippen LogP contribution in [0.3, 0.4) is 0 Å². The summed E-state index contributed by atoms with van der Waals surface area (Å²) in [6.07, 6.45) is 2.46. The first-order valence-corrected chi connectivity index (χ1v) is 7.44. The van der Waals surface area contributed by atoms with E-state index in [-0.39, 0.29) is 0 Å². The fourth-order valence-corrected chi connectivity index (χ4v) is 3.09. The normalized spacial score (nSPS) is 20.8. The maximum atomic E-state index is 5.41. The molecule has 1 atom stereocenters. The van der Waals surface area contributed by atoms with Gasteiger partial charge in [-0.05, 0) is 42.9 Å². The van der Waals surface area contributed by atoms with Gasteiger partial charge in [-0.25, -0.2) is 0 Å². The van der Waals surface area contributed by atoms with E-state index in [1.807, 2.05) is 0 Å². The van der Waals surface area contributed by atoms with Crippen molar-refractivity contribution in [3.63, 3.8) is 0 Å². The summed E-state index contributed by atoms with van der Waals surface area (Å²) in [7, 11) is 2.25. The van der Waals surface area contributed by atoms with Gasteiger partial charge in [0.25, 0.3) is 0 Å². The number of thiol groups is 1. The molecule has 0 bridgehead atoms. The Labute approximate surface area is 113 Å². The average Bonchev–Trinajstić information content (AvgIpc) is 2.25. The number of hydrogen-bond donors (Lipinski definition) is 1. The van der Waals surface area contributed by atoms with Gasteiger partial charge in [0.15, 0.2) is 0 Å². The summed E-state index contributed by atoms with van der Waals surface area (Å²) in [4.78, 5) is 2.49. The number of rotatable bonds is 5. The zero-order valence-electron chi connectivity index (χ0n) is 11.9. The van der Waals surface area contributed by atoms with Gasteiger partial charge in [-0.15, -0.1) is 0 Å². The molecule has 0 spiro atoms. The van der Waals surface area contributed by atoms with Gasteiger partial charge in [-0.1, -0.05) is 20.8 Å². The highest BCUT2D eigenvalue weighted by Crippen LogP contribution is 2.28. The van der Waals surface area contributed by atoms with Crippen molar-refractivity contribution in [1.29, 1.82) is 0 Å². The minimum absolute atomic E-state index is 0.353. The van der Waals surface area contributed by atoms with Gasteiger partial charge < -0.3 is 9.64 Å². The lowest BCUT2D eigenvalue weighted by molar-refractivity contribution is 0.0517. The highest BCUT2D eigenvalue weighted by Gasteiger charge is 2.25.